The number of alkyl halides is 3. The Morgan fingerprint density at radius 1 is 1.14 bits per heavy atom. The number of allylic oxidation sites excluding steroid dienone is 5. The number of benzene rings is 2. The summed E-state index contributed by atoms with van der Waals surface area (Å²) in [5.41, 5.74) is 2.71. The number of carbonyl (C=O) groups is 1. The van der Waals surface area contributed by atoms with Crippen molar-refractivity contribution in [3.05, 3.63) is 83.1 Å². The number of sulfonamides is 1. The molecule has 2 aromatic rings. The predicted octanol–water partition coefficient (Wildman–Crippen LogP) is 5.54. The monoisotopic (exact) mass is 778 g/mol. The molecule has 3 aliphatic heterocycles. The zero-order valence-electron chi connectivity index (χ0n) is 22.1. The Balaban J connectivity index is 1.21. The Kier molecular flexibility index (Phi) is 9.16. The summed E-state index contributed by atoms with van der Waals surface area (Å²) in [6.07, 6.45) is 2.32. The maximum Gasteiger partial charge on any atom is 0.471 e. The number of fused-ring (bicyclic) bond motifs is 2. The molecule has 0 radical (unpaired) electrons. The van der Waals surface area contributed by atoms with Crippen molar-refractivity contribution in [1.29, 1.82) is 0 Å². The van der Waals surface area contributed by atoms with Crippen LogP contribution in [0.15, 0.2) is 74.5 Å². The second kappa shape index (κ2) is 12.5. The van der Waals surface area contributed by atoms with E-state index in [1.807, 2.05) is 24.4 Å². The quantitative estimate of drug-likeness (QED) is 0.185. The standard InChI is InChI=1S/C28H27BrF3IN4O4S/c29-23-16-35-33-24(23)9-7-19(22-4-1-2-5-25(22)38)15-26(33)34-11-3-12-36-42(40,41)21-8-6-18-10-13-37(17-20(18)14-21)27(39)28(30,31)32/h1-2,4-8,14-16,34,36,38H,3,9-13,17H2. The minimum absolute atomic E-state index is 0.0623. The van der Waals surface area contributed by atoms with Gasteiger partial charge in [0.1, 0.15) is 0 Å². The summed E-state index contributed by atoms with van der Waals surface area (Å²) in [5.74, 6) is -1.75. The molecule has 3 heterocycles. The van der Waals surface area contributed by atoms with Gasteiger partial charge in [0.25, 0.3) is 0 Å². The molecule has 0 bridgehead atoms. The molecule has 0 saturated heterocycles. The van der Waals surface area contributed by atoms with Crippen LogP contribution in [0.1, 0.15) is 29.5 Å². The van der Waals surface area contributed by atoms with Gasteiger partial charge >= 0.3 is 234 Å². The first-order valence-electron chi connectivity index (χ1n) is 13.0. The molecule has 0 unspecified atom stereocenters. The molecule has 0 atom stereocenters. The van der Waals surface area contributed by atoms with Crippen molar-refractivity contribution in [2.24, 2.45) is 3.21 Å². The molecular formula is C28H27BrF3IN4O4S. The van der Waals surface area contributed by atoms with E-state index in [0.717, 1.165) is 24.9 Å². The number of nitrogens with one attached hydrogen (secondary N) is 2. The Morgan fingerprint density at radius 2 is 1.93 bits per heavy atom. The van der Waals surface area contributed by atoms with Gasteiger partial charge in [0.2, 0.25) is 0 Å². The second-order valence-electron chi connectivity index (χ2n) is 9.70. The van der Waals surface area contributed by atoms with E-state index in [1.54, 1.807) is 18.2 Å². The van der Waals surface area contributed by atoms with E-state index in [4.69, 9.17) is 3.21 Å². The van der Waals surface area contributed by atoms with Crippen molar-refractivity contribution in [3.63, 3.8) is 0 Å². The number of hydrogen-bond donors (Lipinski definition) is 3. The van der Waals surface area contributed by atoms with Gasteiger partial charge in [-0.2, -0.15) is 13.2 Å². The number of phenolic OH excluding ortho intramolecular Hbond substituents is 1. The number of phenols is 1. The van der Waals surface area contributed by atoms with Crippen LogP contribution in [-0.2, 0) is 27.8 Å². The Morgan fingerprint density at radius 3 is 2.69 bits per heavy atom. The minimum Gasteiger partial charge on any atom is -0.162 e. The van der Waals surface area contributed by atoms with Gasteiger partial charge in [0, 0.05) is 6.54 Å². The number of nitrogens with zero attached hydrogens (tertiary/aromatic N) is 2. The van der Waals surface area contributed by atoms with E-state index in [-0.39, 0.29) is 36.7 Å². The first kappa shape index (κ1) is 30.8. The van der Waals surface area contributed by atoms with E-state index >= 15 is 0 Å². The molecule has 224 valence electrons. The fourth-order valence-electron chi connectivity index (χ4n) is 4.76. The van der Waals surface area contributed by atoms with Crippen molar-refractivity contribution in [2.45, 2.75) is 36.9 Å². The molecule has 3 aliphatic rings. The Hall–Kier alpha value is -2.69. The summed E-state index contributed by atoms with van der Waals surface area (Å²) in [7, 11) is -3.92. The number of aromatic hydroxyl groups is 1. The number of rotatable bonds is 8. The summed E-state index contributed by atoms with van der Waals surface area (Å²) >= 11 is 1.52. The molecule has 8 nitrogen and oxygen atoms in total. The summed E-state index contributed by atoms with van der Waals surface area (Å²) in [6, 6.07) is 11.5. The van der Waals surface area contributed by atoms with E-state index in [1.165, 1.54) is 15.7 Å². The number of carbonyl (C=O) groups excluding carboxylic acids is 1. The number of halogens is 5. The second-order valence-corrected chi connectivity index (χ2v) is 16.8. The van der Waals surface area contributed by atoms with Crippen LogP contribution < -0.4 is 10.0 Å². The Labute approximate surface area is 257 Å². The van der Waals surface area contributed by atoms with E-state index in [2.05, 4.69) is 32.0 Å². The maximum atomic E-state index is 13.0. The average Bonchev–Trinajstić information content (AvgIpc) is 3.22. The van der Waals surface area contributed by atoms with Crippen LogP contribution in [0.25, 0.3) is 5.57 Å². The molecule has 14 heteroatoms. The van der Waals surface area contributed by atoms with Gasteiger partial charge in [0.15, 0.2) is 0 Å². The van der Waals surface area contributed by atoms with Crippen molar-refractivity contribution in [3.8, 4) is 5.75 Å². The van der Waals surface area contributed by atoms with Crippen LogP contribution in [0.5, 0.6) is 5.75 Å². The molecule has 5 rings (SSSR count). The fraction of sp³-hybridized carbons (Fsp3) is 0.286. The summed E-state index contributed by atoms with van der Waals surface area (Å²) in [6.45, 7) is 0.223. The van der Waals surface area contributed by atoms with Crippen molar-refractivity contribution >= 4 is 63.7 Å². The fourth-order valence-corrected chi connectivity index (χ4v) is 11.9. The van der Waals surface area contributed by atoms with Gasteiger partial charge in [-0.15, -0.1) is 0 Å². The Bertz CT molecular complexity index is 1640. The van der Waals surface area contributed by atoms with Gasteiger partial charge < -0.3 is 0 Å². The van der Waals surface area contributed by atoms with E-state index in [9.17, 15) is 31.5 Å². The third kappa shape index (κ3) is 6.76. The van der Waals surface area contributed by atoms with Crippen LogP contribution >= 0.6 is 36.0 Å². The number of amides is 1. The van der Waals surface area contributed by atoms with Crippen molar-refractivity contribution < 1.29 is 31.5 Å². The van der Waals surface area contributed by atoms with E-state index in [0.29, 0.717) is 29.8 Å². The smallest absolute Gasteiger partial charge is 0.162 e. The molecule has 3 N–H and O–H groups in total. The molecule has 42 heavy (non-hydrogen) atoms. The minimum atomic E-state index is -4.98. The van der Waals surface area contributed by atoms with Crippen LogP contribution in [0.3, 0.4) is 0 Å². The third-order valence-corrected chi connectivity index (χ3v) is 14.7. The molecule has 0 aromatic heterocycles. The summed E-state index contributed by atoms with van der Waals surface area (Å²) in [4.78, 5) is 12.3. The van der Waals surface area contributed by atoms with Crippen LogP contribution in [-0.4, -0.2) is 56.4 Å². The van der Waals surface area contributed by atoms with Gasteiger partial charge in [-0.25, -0.2) is 0 Å². The SMILES string of the molecule is O=C(N1CCc2ccc(S(=O)(=O)NCCCNC3=CC(c4ccccc4O)=CCC4=C(Br)C=NI34)cc2C1)C(F)(F)F. The number of para-hydroxylation sites is 1. The largest absolute Gasteiger partial charge is 0.471 e. The summed E-state index contributed by atoms with van der Waals surface area (Å²) in [5, 5.41) is 13.8. The first-order chi connectivity index (χ1) is 19.9. The van der Waals surface area contributed by atoms with E-state index < -0.39 is 42.2 Å². The van der Waals surface area contributed by atoms with Gasteiger partial charge in [-0.3, -0.25) is 4.79 Å². The van der Waals surface area contributed by atoms with Crippen molar-refractivity contribution in [2.75, 3.05) is 19.6 Å². The molecule has 0 fully saturated rings. The molecule has 0 spiro atoms. The molecular weight excluding hydrogens is 752 g/mol. The molecule has 2 aromatic carbocycles. The molecule has 0 aliphatic carbocycles. The predicted molar refractivity (Wildman–Crippen MR) is 167 cm³/mol. The topological polar surface area (TPSA) is 111 Å². The summed E-state index contributed by atoms with van der Waals surface area (Å²) < 4.78 is 75.1. The normalized spacial score (nSPS) is 17.8. The van der Waals surface area contributed by atoms with Gasteiger partial charge in [-0.05, 0) is 0 Å². The van der Waals surface area contributed by atoms with Crippen molar-refractivity contribution in [1.82, 2.24) is 14.9 Å². The third-order valence-electron chi connectivity index (χ3n) is 6.90. The van der Waals surface area contributed by atoms with Crippen LogP contribution in [0, 0.1) is 0 Å². The first-order valence-corrected chi connectivity index (χ1v) is 18.4. The van der Waals surface area contributed by atoms with Gasteiger partial charge in [-0.1, -0.05) is 0 Å². The maximum absolute atomic E-state index is 13.0. The average molecular weight is 779 g/mol. The van der Waals surface area contributed by atoms with Crippen LogP contribution in [0.4, 0.5) is 13.2 Å². The van der Waals surface area contributed by atoms with Gasteiger partial charge in [0.05, 0.1) is 0 Å². The zero-order valence-corrected chi connectivity index (χ0v) is 26.6. The number of hydrogen-bond acceptors (Lipinski definition) is 6. The zero-order chi connectivity index (χ0) is 30.1. The molecule has 1 amide bonds. The van der Waals surface area contributed by atoms with Crippen LogP contribution in [0.2, 0.25) is 0 Å². The molecule has 0 saturated carbocycles.